The van der Waals surface area contributed by atoms with Crippen LogP contribution in [0.2, 0.25) is 5.02 Å². The van der Waals surface area contributed by atoms with Crippen LogP contribution in [0.25, 0.3) is 5.57 Å². The second-order valence-electron chi connectivity index (χ2n) is 8.06. The van der Waals surface area contributed by atoms with Crippen molar-refractivity contribution in [3.63, 3.8) is 0 Å². The fourth-order valence-electron chi connectivity index (χ4n) is 4.58. The molecule has 2 aliphatic rings. The lowest BCUT2D eigenvalue weighted by Gasteiger charge is -2.30. The number of halogens is 2. The number of likely N-dealkylation sites (tertiary alicyclic amines) is 1. The molecule has 4 nitrogen and oxygen atoms in total. The third-order valence-corrected chi connectivity index (χ3v) is 6.79. The molecule has 1 N–H and O–H groups in total. The van der Waals surface area contributed by atoms with Crippen molar-refractivity contribution in [3.8, 4) is 0 Å². The molecule has 0 spiro atoms. The zero-order chi connectivity index (χ0) is 22.5. The normalized spacial score (nSPS) is 16.9. The fraction of sp³-hybridized carbons (Fsp3) is 0.269. The Hall–Kier alpha value is -2.25. The molecule has 0 bridgehead atoms. The Morgan fingerprint density at radius 2 is 1.91 bits per heavy atom. The Morgan fingerprint density at radius 3 is 2.59 bits per heavy atom. The first-order valence-electron chi connectivity index (χ1n) is 10.8. The van der Waals surface area contributed by atoms with Crippen molar-refractivity contribution < 1.29 is 9.79 Å². The number of aromatic nitrogens is 1. The third-order valence-electron chi connectivity index (χ3n) is 6.19. The summed E-state index contributed by atoms with van der Waals surface area (Å²) in [7, 11) is 0. The van der Waals surface area contributed by atoms with Gasteiger partial charge >= 0.3 is 0 Å². The van der Waals surface area contributed by atoms with Gasteiger partial charge in [-0.2, -0.15) is 0 Å². The molecule has 1 aliphatic heterocycles. The van der Waals surface area contributed by atoms with E-state index in [1.807, 2.05) is 23.1 Å². The van der Waals surface area contributed by atoms with Crippen LogP contribution in [0.4, 0.5) is 0 Å². The molecular formula is C26H26ClIN3O+. The van der Waals surface area contributed by atoms with Gasteiger partial charge in [0.1, 0.15) is 6.72 Å². The van der Waals surface area contributed by atoms with Crippen molar-refractivity contribution in [2.24, 2.45) is 0 Å². The second-order valence-corrected chi connectivity index (χ2v) is 9.22. The molecule has 6 heteroatoms. The number of carbonyl (C=O) groups is 1. The molecule has 4 rings (SSSR count). The molecule has 0 atom stereocenters. The molecule has 1 aromatic heterocycles. The summed E-state index contributed by atoms with van der Waals surface area (Å²) in [4.78, 5) is 22.1. The van der Waals surface area contributed by atoms with Gasteiger partial charge in [-0.15, -0.1) is 0 Å². The van der Waals surface area contributed by atoms with Gasteiger partial charge in [0.15, 0.2) is 0 Å². The molecule has 164 valence electrons. The molecule has 0 saturated carbocycles. The molecule has 1 aromatic carbocycles. The van der Waals surface area contributed by atoms with E-state index in [0.29, 0.717) is 6.42 Å². The number of amides is 1. The number of fused-ring (bicyclic) bond motifs is 1. The zero-order valence-corrected chi connectivity index (χ0v) is 20.8. The summed E-state index contributed by atoms with van der Waals surface area (Å²) in [5.74, 6) is 0.174. The molecule has 1 fully saturated rings. The predicted octanol–water partition coefficient (Wildman–Crippen LogP) is 4.28. The average molecular weight is 559 g/mol. The van der Waals surface area contributed by atoms with E-state index >= 15 is 0 Å². The second kappa shape index (κ2) is 10.6. The van der Waals surface area contributed by atoms with Crippen LogP contribution >= 0.6 is 34.2 Å². The maximum Gasteiger partial charge on any atom is 0.227 e. The number of piperidine rings is 1. The van der Waals surface area contributed by atoms with Crippen LogP contribution in [0.5, 0.6) is 0 Å². The molecule has 0 radical (unpaired) electrons. The lowest BCUT2D eigenvalue weighted by Crippen LogP contribution is -2.64. The number of aryl methyl sites for hydroxylation is 1. The van der Waals surface area contributed by atoms with Crippen LogP contribution in [0.15, 0.2) is 69.7 Å². The van der Waals surface area contributed by atoms with Gasteiger partial charge in [-0.1, -0.05) is 45.8 Å². The summed E-state index contributed by atoms with van der Waals surface area (Å²) < 4.78 is 2.05. The Balaban J connectivity index is 1.65. The van der Waals surface area contributed by atoms with Gasteiger partial charge in [0.2, 0.25) is 11.6 Å². The molecule has 2 heterocycles. The largest absolute Gasteiger partial charge is 0.342 e. The van der Waals surface area contributed by atoms with Gasteiger partial charge in [-0.25, -0.2) is 4.99 Å². The predicted molar refractivity (Wildman–Crippen MR) is 139 cm³/mol. The van der Waals surface area contributed by atoms with Gasteiger partial charge in [0, 0.05) is 36.1 Å². The average Bonchev–Trinajstić information content (AvgIpc) is 2.96. The van der Waals surface area contributed by atoms with Crippen molar-refractivity contribution in [2.45, 2.75) is 32.1 Å². The Morgan fingerprint density at radius 1 is 1.16 bits per heavy atom. The van der Waals surface area contributed by atoms with Gasteiger partial charge < -0.3 is 4.90 Å². The highest BCUT2D eigenvalue weighted by molar-refractivity contribution is 14.1. The summed E-state index contributed by atoms with van der Waals surface area (Å²) in [6.45, 7) is 5.49. The highest BCUT2D eigenvalue weighted by atomic mass is 127. The molecule has 2 aromatic rings. The lowest BCUT2D eigenvalue weighted by atomic mass is 9.88. The number of nitrogens with zero attached hydrogens (tertiary/aromatic N) is 2. The van der Waals surface area contributed by atoms with Gasteiger partial charge in [-0.05, 0) is 76.8 Å². The smallest absolute Gasteiger partial charge is 0.227 e. The minimum atomic E-state index is 0.174. The van der Waals surface area contributed by atoms with E-state index in [-0.39, 0.29) is 5.91 Å². The number of carbonyl (C=O) groups excluding carboxylic acids is 1. The topological polar surface area (TPSA) is 47.2 Å². The van der Waals surface area contributed by atoms with E-state index < -0.39 is 0 Å². The maximum atomic E-state index is 12.8. The van der Waals surface area contributed by atoms with Crippen LogP contribution in [-0.2, 0) is 17.6 Å². The minimum Gasteiger partial charge on any atom is -0.342 e. The molecular weight excluding hydrogens is 533 g/mol. The number of hydrogen-bond acceptors (Lipinski definition) is 2. The minimum absolute atomic E-state index is 0.174. The van der Waals surface area contributed by atoms with Crippen molar-refractivity contribution in [1.29, 1.82) is 0 Å². The van der Waals surface area contributed by atoms with Crippen LogP contribution in [0, 0.1) is 0 Å². The van der Waals surface area contributed by atoms with Gasteiger partial charge in [0.05, 0.1) is 12.0 Å². The third kappa shape index (κ3) is 5.04. The molecule has 32 heavy (non-hydrogen) atoms. The summed E-state index contributed by atoms with van der Waals surface area (Å²) >= 11 is 8.60. The first-order chi connectivity index (χ1) is 15.6. The monoisotopic (exact) mass is 558 g/mol. The van der Waals surface area contributed by atoms with Crippen LogP contribution < -0.4 is 4.99 Å². The van der Waals surface area contributed by atoms with E-state index in [4.69, 9.17) is 11.6 Å². The highest BCUT2D eigenvalue weighted by Crippen LogP contribution is 2.38. The van der Waals surface area contributed by atoms with Crippen molar-refractivity contribution in [2.75, 3.05) is 13.1 Å². The van der Waals surface area contributed by atoms with E-state index in [0.717, 1.165) is 55.1 Å². The first-order valence-corrected chi connectivity index (χ1v) is 12.4. The Labute approximate surface area is 207 Å². The van der Waals surface area contributed by atoms with Crippen LogP contribution in [0.1, 0.15) is 36.0 Å². The number of allylic oxidation sites excluding steroid dienone is 3. The summed E-state index contributed by atoms with van der Waals surface area (Å²) in [6.07, 6.45) is 9.62. The van der Waals surface area contributed by atoms with Gasteiger partial charge in [-0.3, -0.25) is 9.78 Å². The van der Waals surface area contributed by atoms with E-state index in [1.165, 1.54) is 27.8 Å². The number of pyridine rings is 1. The van der Waals surface area contributed by atoms with E-state index in [2.05, 4.69) is 61.6 Å². The molecule has 1 saturated heterocycles. The summed E-state index contributed by atoms with van der Waals surface area (Å²) in [5.41, 5.74) is 8.44. The Kier molecular flexibility index (Phi) is 7.58. The Bertz CT molecular complexity index is 1110. The quantitative estimate of drug-likeness (QED) is 0.450. The SMILES string of the molecule is C=[NH+]C1=C(/C=C\I)CCc2cc(Cl)ccc2C1=C1CCN(C(=O)Cc2ccncc2)CC1. The number of hydrogen-bond donors (Lipinski definition) is 1. The maximum absolute atomic E-state index is 12.8. The number of rotatable bonds is 4. The summed E-state index contributed by atoms with van der Waals surface area (Å²) in [6, 6.07) is 10.00. The standard InChI is InChI=1S/C26H25ClIN3O/c1-29-26-20(6-11-28)2-3-21-17-22(27)4-5-23(21)25(26)19-9-14-31(15-10-19)24(32)16-18-7-12-30-13-8-18/h4-8,11-13,17H,1-3,9-10,14-16H2/p+1/b11-6-. The van der Waals surface area contributed by atoms with Crippen molar-refractivity contribution >= 4 is 52.4 Å². The molecule has 0 unspecified atom stereocenters. The van der Waals surface area contributed by atoms with Gasteiger partial charge in [0.25, 0.3) is 0 Å². The van der Waals surface area contributed by atoms with Crippen molar-refractivity contribution in [3.05, 3.63) is 91.4 Å². The van der Waals surface area contributed by atoms with Crippen molar-refractivity contribution in [1.82, 2.24) is 9.88 Å². The summed E-state index contributed by atoms with van der Waals surface area (Å²) in [5, 5.41) is 0.765. The lowest BCUT2D eigenvalue weighted by molar-refractivity contribution is -0.378. The zero-order valence-electron chi connectivity index (χ0n) is 17.9. The molecule has 1 aliphatic carbocycles. The number of benzene rings is 1. The van der Waals surface area contributed by atoms with Crippen LogP contribution in [-0.4, -0.2) is 35.6 Å². The highest BCUT2D eigenvalue weighted by Gasteiger charge is 2.29. The van der Waals surface area contributed by atoms with E-state index in [9.17, 15) is 4.79 Å². The first kappa shape index (κ1) is 22.9. The fourth-order valence-corrected chi connectivity index (χ4v) is 5.21. The molecule has 1 amide bonds. The van der Waals surface area contributed by atoms with Crippen LogP contribution in [0.3, 0.4) is 0 Å². The van der Waals surface area contributed by atoms with E-state index in [1.54, 1.807) is 12.4 Å². The number of nitrogens with one attached hydrogen (secondary N) is 1.